The second-order valence-electron chi connectivity index (χ2n) is 6.84. The molecule has 172 valence electrons. The van der Waals surface area contributed by atoms with Crippen LogP contribution in [0.25, 0.3) is 0 Å². The highest BCUT2D eigenvalue weighted by molar-refractivity contribution is 7.12. The Balaban J connectivity index is 0.000000358. The van der Waals surface area contributed by atoms with Gasteiger partial charge in [-0.25, -0.2) is 9.98 Å². The first-order valence-corrected chi connectivity index (χ1v) is 11.7. The fraction of sp³-hybridized carbons (Fsp3) is 0.333. The molecule has 0 bridgehead atoms. The largest absolute Gasteiger partial charge is 0.327 e. The van der Waals surface area contributed by atoms with Crippen LogP contribution in [0.4, 0.5) is 11.5 Å². The third kappa shape index (κ3) is 8.40. The van der Waals surface area contributed by atoms with Crippen molar-refractivity contribution in [2.45, 2.75) is 54.9 Å². The van der Waals surface area contributed by atoms with Crippen LogP contribution in [-0.4, -0.2) is 21.6 Å². The number of aliphatic imine (C=N–C) groups is 1. The van der Waals surface area contributed by atoms with E-state index < -0.39 is 0 Å². The molecule has 0 aliphatic carbocycles. The Morgan fingerprint density at radius 1 is 1.19 bits per heavy atom. The van der Waals surface area contributed by atoms with Crippen molar-refractivity contribution in [3.05, 3.63) is 72.9 Å². The first-order valence-electron chi connectivity index (χ1n) is 10.4. The third-order valence-electron chi connectivity index (χ3n) is 4.12. The molecule has 0 atom stereocenters. The highest BCUT2D eigenvalue weighted by Gasteiger charge is 2.15. The van der Waals surface area contributed by atoms with E-state index in [4.69, 9.17) is 11.6 Å². The Labute approximate surface area is 198 Å². The van der Waals surface area contributed by atoms with Crippen molar-refractivity contribution < 1.29 is 4.79 Å². The van der Waals surface area contributed by atoms with Gasteiger partial charge < -0.3 is 10.3 Å². The summed E-state index contributed by atoms with van der Waals surface area (Å²) < 4.78 is 0. The summed E-state index contributed by atoms with van der Waals surface area (Å²) in [6, 6.07) is 7.64. The molecular formula is C24H31ClN4O2S. The van der Waals surface area contributed by atoms with Gasteiger partial charge in [-0.3, -0.25) is 9.59 Å². The van der Waals surface area contributed by atoms with Crippen LogP contribution in [0.2, 0.25) is 5.02 Å². The Kier molecular flexibility index (Phi) is 11.6. The molecule has 0 aliphatic rings. The molecule has 2 N–H and O–H groups in total. The molecule has 0 unspecified atom stereocenters. The average molecular weight is 475 g/mol. The van der Waals surface area contributed by atoms with E-state index >= 15 is 0 Å². The van der Waals surface area contributed by atoms with Crippen LogP contribution in [0.3, 0.4) is 0 Å². The fourth-order valence-electron chi connectivity index (χ4n) is 2.60. The molecule has 2 heterocycles. The lowest BCUT2D eigenvalue weighted by molar-refractivity contribution is 0.103. The zero-order valence-electron chi connectivity index (χ0n) is 19.7. The second kappa shape index (κ2) is 13.6. The number of carbonyl (C=O) groups excluding carboxylic acids is 1. The number of thiazole rings is 1. The SMILES string of the molecule is CC.CC(C)=Nc1ncsc1C(=O)Nc1c[nH]c(=O)c(C)c1.CCc1ccc(Cl)cc1C. The van der Waals surface area contributed by atoms with Crippen molar-refractivity contribution in [2.75, 3.05) is 5.32 Å². The maximum absolute atomic E-state index is 12.2. The van der Waals surface area contributed by atoms with E-state index in [9.17, 15) is 9.59 Å². The standard InChI is InChI=1S/C13H14N4O2S.C9H11Cl.C2H6/c1-7(2)16-11-10(20-6-15-11)13(19)17-9-4-8(3)12(18)14-5-9;1-3-8-4-5-9(10)6-7(8)2;1-2/h4-6H,1-3H3,(H,14,18)(H,17,19);4-6H,3H2,1-2H3;1-2H3. The number of pyridine rings is 1. The van der Waals surface area contributed by atoms with Gasteiger partial charge >= 0.3 is 0 Å². The highest BCUT2D eigenvalue weighted by Crippen LogP contribution is 2.23. The summed E-state index contributed by atoms with van der Waals surface area (Å²) >= 11 is 7.00. The normalized spacial score (nSPS) is 9.62. The van der Waals surface area contributed by atoms with E-state index in [0.717, 1.165) is 17.2 Å². The molecule has 32 heavy (non-hydrogen) atoms. The summed E-state index contributed by atoms with van der Waals surface area (Å²) in [7, 11) is 0. The van der Waals surface area contributed by atoms with Crippen molar-refractivity contribution in [1.29, 1.82) is 0 Å². The third-order valence-corrected chi connectivity index (χ3v) is 5.17. The predicted molar refractivity (Wildman–Crippen MR) is 137 cm³/mol. The topological polar surface area (TPSA) is 87.2 Å². The van der Waals surface area contributed by atoms with Gasteiger partial charge in [0.25, 0.3) is 11.5 Å². The molecule has 0 saturated heterocycles. The van der Waals surface area contributed by atoms with Gasteiger partial charge in [-0.05, 0) is 63.4 Å². The van der Waals surface area contributed by atoms with Crippen molar-refractivity contribution >= 4 is 46.1 Å². The predicted octanol–water partition coefficient (Wildman–Crippen LogP) is 6.74. The number of carbonyl (C=O) groups is 1. The van der Waals surface area contributed by atoms with E-state index in [-0.39, 0.29) is 11.5 Å². The maximum Gasteiger partial charge on any atom is 0.269 e. The first kappa shape index (κ1) is 27.3. The number of anilines is 1. The van der Waals surface area contributed by atoms with Gasteiger partial charge in [0.15, 0.2) is 5.82 Å². The first-order chi connectivity index (χ1) is 15.2. The van der Waals surface area contributed by atoms with E-state index in [0.29, 0.717) is 21.9 Å². The average Bonchev–Trinajstić information content (AvgIpc) is 3.20. The van der Waals surface area contributed by atoms with Crippen LogP contribution in [0, 0.1) is 13.8 Å². The molecule has 2 aromatic heterocycles. The van der Waals surface area contributed by atoms with Gasteiger partial charge in [0, 0.05) is 22.5 Å². The Morgan fingerprint density at radius 3 is 2.44 bits per heavy atom. The molecule has 6 nitrogen and oxygen atoms in total. The van der Waals surface area contributed by atoms with Gasteiger partial charge in [-0.1, -0.05) is 38.4 Å². The number of aryl methyl sites for hydroxylation is 3. The van der Waals surface area contributed by atoms with E-state index in [1.165, 1.54) is 28.7 Å². The van der Waals surface area contributed by atoms with Gasteiger partial charge in [-0.2, -0.15) is 0 Å². The zero-order valence-corrected chi connectivity index (χ0v) is 21.2. The van der Waals surface area contributed by atoms with E-state index in [1.54, 1.807) is 18.5 Å². The summed E-state index contributed by atoms with van der Waals surface area (Å²) in [6.45, 7) is 13.6. The fourth-order valence-corrected chi connectivity index (χ4v) is 3.45. The molecule has 0 aliphatic heterocycles. The number of hydrogen-bond acceptors (Lipinski definition) is 5. The number of nitrogens with one attached hydrogen (secondary N) is 2. The van der Waals surface area contributed by atoms with Gasteiger partial charge in [0.05, 0.1) is 11.2 Å². The van der Waals surface area contributed by atoms with Crippen molar-refractivity contribution in [3.8, 4) is 0 Å². The number of aromatic nitrogens is 2. The van der Waals surface area contributed by atoms with Crippen LogP contribution in [0.5, 0.6) is 0 Å². The molecule has 1 amide bonds. The molecule has 0 radical (unpaired) electrons. The van der Waals surface area contributed by atoms with Gasteiger partial charge in [0.1, 0.15) is 4.88 Å². The van der Waals surface area contributed by atoms with E-state index in [2.05, 4.69) is 40.2 Å². The summed E-state index contributed by atoms with van der Waals surface area (Å²) in [5, 5.41) is 3.55. The highest BCUT2D eigenvalue weighted by atomic mass is 35.5. The summed E-state index contributed by atoms with van der Waals surface area (Å²) in [4.78, 5) is 34.7. The van der Waals surface area contributed by atoms with Crippen LogP contribution in [0.15, 0.2) is 45.8 Å². The number of amides is 1. The number of H-pyrrole nitrogens is 1. The lowest BCUT2D eigenvalue weighted by atomic mass is 10.1. The number of benzene rings is 1. The lowest BCUT2D eigenvalue weighted by Crippen LogP contribution is -2.14. The van der Waals surface area contributed by atoms with Gasteiger partial charge in [0.2, 0.25) is 0 Å². The molecule has 3 aromatic rings. The van der Waals surface area contributed by atoms with Crippen molar-refractivity contribution in [3.63, 3.8) is 0 Å². The number of aromatic amines is 1. The molecular weight excluding hydrogens is 444 g/mol. The lowest BCUT2D eigenvalue weighted by Gasteiger charge is -2.04. The summed E-state index contributed by atoms with van der Waals surface area (Å²) in [6.07, 6.45) is 2.55. The number of nitrogens with zero attached hydrogens (tertiary/aromatic N) is 2. The van der Waals surface area contributed by atoms with Crippen LogP contribution >= 0.6 is 22.9 Å². The van der Waals surface area contributed by atoms with Crippen molar-refractivity contribution in [2.24, 2.45) is 4.99 Å². The van der Waals surface area contributed by atoms with Crippen LogP contribution in [0.1, 0.15) is 61.0 Å². The van der Waals surface area contributed by atoms with E-state index in [1.807, 2.05) is 39.8 Å². The summed E-state index contributed by atoms with van der Waals surface area (Å²) in [5.74, 6) is 0.118. The molecule has 1 aromatic carbocycles. The Morgan fingerprint density at radius 2 is 1.88 bits per heavy atom. The summed E-state index contributed by atoms with van der Waals surface area (Å²) in [5.41, 5.74) is 5.96. The second-order valence-corrected chi connectivity index (χ2v) is 8.13. The molecule has 8 heteroatoms. The van der Waals surface area contributed by atoms with Crippen LogP contribution in [-0.2, 0) is 6.42 Å². The molecule has 0 saturated carbocycles. The molecule has 0 spiro atoms. The minimum atomic E-state index is -0.293. The monoisotopic (exact) mass is 474 g/mol. The van der Waals surface area contributed by atoms with Crippen molar-refractivity contribution in [1.82, 2.24) is 9.97 Å². The minimum Gasteiger partial charge on any atom is -0.327 e. The Hall–Kier alpha value is -2.77. The maximum atomic E-state index is 12.2. The minimum absolute atomic E-state index is 0.173. The number of halogens is 1. The van der Waals surface area contributed by atoms with Crippen LogP contribution < -0.4 is 10.9 Å². The Bertz CT molecular complexity index is 1120. The molecule has 0 fully saturated rings. The van der Waals surface area contributed by atoms with Gasteiger partial charge in [-0.15, -0.1) is 11.3 Å². The number of hydrogen-bond donors (Lipinski definition) is 2. The zero-order chi connectivity index (χ0) is 24.3. The quantitative estimate of drug-likeness (QED) is 0.410. The smallest absolute Gasteiger partial charge is 0.269 e. The molecule has 3 rings (SSSR count). The number of rotatable bonds is 4.